The maximum absolute atomic E-state index is 11.6. The summed E-state index contributed by atoms with van der Waals surface area (Å²) < 4.78 is 37.8. The van der Waals surface area contributed by atoms with Crippen molar-refractivity contribution in [3.63, 3.8) is 0 Å². The van der Waals surface area contributed by atoms with Crippen molar-refractivity contribution >= 4 is 10.4 Å². The molecule has 5 nitrogen and oxygen atoms in total. The number of ether oxygens (including phenoxy) is 1. The van der Waals surface area contributed by atoms with Crippen LogP contribution >= 0.6 is 0 Å². The highest BCUT2D eigenvalue weighted by Crippen LogP contribution is 2.31. The molecule has 0 aliphatic carbocycles. The van der Waals surface area contributed by atoms with Crippen LogP contribution in [0.2, 0.25) is 0 Å². The van der Waals surface area contributed by atoms with E-state index in [-0.39, 0.29) is 5.75 Å². The predicted molar refractivity (Wildman–Crippen MR) is 60.6 cm³/mol. The number of hydrogen-bond acceptors (Lipinski definition) is 5. The maximum Gasteiger partial charge on any atom is 0.452 e. The number of hydrogen-bond donors (Lipinski definition) is 0. The molecular weight excluding hydrogens is 244 g/mol. The largest absolute Gasteiger partial charge is 0.452 e. The molecule has 92 valence electrons. The van der Waals surface area contributed by atoms with Crippen molar-refractivity contribution in [3.05, 3.63) is 43.0 Å². The summed E-state index contributed by atoms with van der Waals surface area (Å²) in [6, 6.07) is 8.11. The summed E-state index contributed by atoms with van der Waals surface area (Å²) in [5.41, 5.74) is 0. The molecule has 17 heavy (non-hydrogen) atoms. The Bertz CT molecular complexity index is 490. The van der Waals surface area contributed by atoms with Crippen molar-refractivity contribution in [1.29, 1.82) is 0 Å². The van der Waals surface area contributed by atoms with Gasteiger partial charge in [-0.25, -0.2) is 0 Å². The van der Waals surface area contributed by atoms with Gasteiger partial charge in [0.25, 0.3) is 0 Å². The zero-order valence-corrected chi connectivity index (χ0v) is 9.85. The van der Waals surface area contributed by atoms with Gasteiger partial charge >= 0.3 is 10.4 Å². The molecule has 0 amide bonds. The number of rotatable bonds is 5. The van der Waals surface area contributed by atoms with Gasteiger partial charge in [-0.3, -0.25) is 0 Å². The van der Waals surface area contributed by atoms with E-state index in [1.165, 1.54) is 18.2 Å². The van der Waals surface area contributed by atoms with Crippen molar-refractivity contribution in [2.24, 2.45) is 0 Å². The van der Waals surface area contributed by atoms with E-state index in [1.54, 1.807) is 18.2 Å². The first-order chi connectivity index (χ1) is 8.05. The molecule has 1 aliphatic rings. The highest BCUT2D eigenvalue weighted by molar-refractivity contribution is 7.82. The molecule has 1 aromatic carbocycles. The fraction of sp³-hybridized carbons (Fsp3) is 0.273. The second-order valence-electron chi connectivity index (χ2n) is 3.50. The van der Waals surface area contributed by atoms with Crippen molar-refractivity contribution in [1.82, 2.24) is 0 Å². The monoisotopic (exact) mass is 256 g/mol. The molecule has 6 heteroatoms. The van der Waals surface area contributed by atoms with Gasteiger partial charge < -0.3 is 8.92 Å². The zero-order chi connectivity index (χ0) is 12.4. The van der Waals surface area contributed by atoms with Crippen LogP contribution in [0.3, 0.4) is 0 Å². The standard InChI is InChI=1S/C11H12O5S/c1-2-11(8-9-14-11)16-17(12,13)15-10-6-4-3-5-7-10/h2-7H,1,8-9H2. The van der Waals surface area contributed by atoms with Gasteiger partial charge in [-0.2, -0.15) is 12.6 Å². The van der Waals surface area contributed by atoms with Gasteiger partial charge in [-0.05, 0) is 18.2 Å². The van der Waals surface area contributed by atoms with Crippen LogP contribution in [0.1, 0.15) is 6.42 Å². The van der Waals surface area contributed by atoms with Gasteiger partial charge in [-0.1, -0.05) is 24.8 Å². The molecule has 2 rings (SSSR count). The second kappa shape index (κ2) is 4.48. The molecule has 1 saturated heterocycles. The van der Waals surface area contributed by atoms with E-state index in [1.807, 2.05) is 0 Å². The smallest absolute Gasteiger partial charge is 0.362 e. The Labute approximate surface area is 99.9 Å². The van der Waals surface area contributed by atoms with Crippen molar-refractivity contribution in [2.45, 2.75) is 12.2 Å². The van der Waals surface area contributed by atoms with Gasteiger partial charge in [0.15, 0.2) is 0 Å². The van der Waals surface area contributed by atoms with Crippen LogP contribution in [0.5, 0.6) is 5.75 Å². The highest BCUT2D eigenvalue weighted by atomic mass is 32.3. The Balaban J connectivity index is 2.07. The van der Waals surface area contributed by atoms with E-state index in [0.717, 1.165) is 0 Å². The van der Waals surface area contributed by atoms with Crippen LogP contribution in [0.4, 0.5) is 0 Å². The van der Waals surface area contributed by atoms with Crippen LogP contribution < -0.4 is 4.18 Å². The summed E-state index contributed by atoms with van der Waals surface area (Å²) in [6.07, 6.45) is 1.75. The molecule has 0 spiro atoms. The Hall–Kier alpha value is -1.37. The highest BCUT2D eigenvalue weighted by Gasteiger charge is 2.42. The van der Waals surface area contributed by atoms with E-state index in [9.17, 15) is 8.42 Å². The zero-order valence-electron chi connectivity index (χ0n) is 9.03. The molecule has 0 aromatic heterocycles. The van der Waals surface area contributed by atoms with E-state index >= 15 is 0 Å². The van der Waals surface area contributed by atoms with Crippen molar-refractivity contribution < 1.29 is 21.5 Å². The van der Waals surface area contributed by atoms with Crippen LogP contribution in [0.25, 0.3) is 0 Å². The van der Waals surface area contributed by atoms with Crippen molar-refractivity contribution in [3.8, 4) is 5.75 Å². The Morgan fingerprint density at radius 2 is 2.00 bits per heavy atom. The normalized spacial score (nSPS) is 23.8. The van der Waals surface area contributed by atoms with Crippen LogP contribution in [-0.4, -0.2) is 20.8 Å². The van der Waals surface area contributed by atoms with Gasteiger partial charge in [0.1, 0.15) is 5.75 Å². The fourth-order valence-corrected chi connectivity index (χ4v) is 2.27. The molecule has 1 fully saturated rings. The van der Waals surface area contributed by atoms with E-state index in [2.05, 4.69) is 6.58 Å². The lowest BCUT2D eigenvalue weighted by Gasteiger charge is -2.36. The molecular formula is C11H12O5S. The Kier molecular flexibility index (Phi) is 3.19. The SMILES string of the molecule is C=CC1(OS(=O)(=O)Oc2ccccc2)CCO1. The van der Waals surface area contributed by atoms with Gasteiger partial charge in [-0.15, -0.1) is 0 Å². The number of para-hydroxylation sites is 1. The van der Waals surface area contributed by atoms with Crippen LogP contribution in [-0.2, 0) is 19.3 Å². The first-order valence-corrected chi connectivity index (χ1v) is 6.36. The summed E-state index contributed by atoms with van der Waals surface area (Å²) in [4.78, 5) is 0. The Morgan fingerprint density at radius 1 is 1.35 bits per heavy atom. The summed E-state index contributed by atoms with van der Waals surface area (Å²) in [7, 11) is -4.16. The number of benzene rings is 1. The molecule has 1 aliphatic heterocycles. The third-order valence-corrected chi connectivity index (χ3v) is 3.18. The summed E-state index contributed by atoms with van der Waals surface area (Å²) >= 11 is 0. The quantitative estimate of drug-likeness (QED) is 0.749. The fourth-order valence-electron chi connectivity index (χ4n) is 1.35. The summed E-state index contributed by atoms with van der Waals surface area (Å²) in [5, 5.41) is 0. The Morgan fingerprint density at radius 3 is 2.47 bits per heavy atom. The van der Waals surface area contributed by atoms with Gasteiger partial charge in [0, 0.05) is 6.42 Å². The van der Waals surface area contributed by atoms with E-state index in [4.69, 9.17) is 13.1 Å². The molecule has 0 radical (unpaired) electrons. The minimum absolute atomic E-state index is 0.186. The van der Waals surface area contributed by atoms with E-state index < -0.39 is 16.2 Å². The maximum atomic E-state index is 11.6. The average molecular weight is 256 g/mol. The molecule has 0 bridgehead atoms. The summed E-state index contributed by atoms with van der Waals surface area (Å²) in [5.74, 6) is -1.08. The molecule has 1 atom stereocenters. The summed E-state index contributed by atoms with van der Waals surface area (Å²) in [6.45, 7) is 3.91. The molecule has 1 aromatic rings. The minimum Gasteiger partial charge on any atom is -0.362 e. The second-order valence-corrected chi connectivity index (χ2v) is 4.65. The molecule has 0 saturated carbocycles. The topological polar surface area (TPSA) is 61.8 Å². The predicted octanol–water partition coefficient (Wildman–Crippen LogP) is 1.63. The molecule has 1 heterocycles. The van der Waals surface area contributed by atoms with Gasteiger partial charge in [0.2, 0.25) is 5.79 Å². The third kappa shape index (κ3) is 2.85. The lowest BCUT2D eigenvalue weighted by Crippen LogP contribution is -2.46. The first kappa shape index (κ1) is 12.1. The lowest BCUT2D eigenvalue weighted by atomic mass is 10.1. The van der Waals surface area contributed by atoms with Crippen LogP contribution in [0.15, 0.2) is 43.0 Å². The van der Waals surface area contributed by atoms with Crippen LogP contribution in [0, 0.1) is 0 Å². The lowest BCUT2D eigenvalue weighted by molar-refractivity contribution is -0.229. The van der Waals surface area contributed by atoms with Crippen molar-refractivity contribution in [2.75, 3.05) is 6.61 Å². The average Bonchev–Trinajstić information content (AvgIpc) is 2.24. The minimum atomic E-state index is -4.16. The third-order valence-electron chi connectivity index (χ3n) is 2.29. The first-order valence-electron chi connectivity index (χ1n) is 5.03. The van der Waals surface area contributed by atoms with Gasteiger partial charge in [0.05, 0.1) is 6.61 Å². The molecule has 1 unspecified atom stereocenters. The molecule has 0 N–H and O–H groups in total. The van der Waals surface area contributed by atoms with E-state index in [0.29, 0.717) is 13.0 Å².